The van der Waals surface area contributed by atoms with E-state index in [2.05, 4.69) is 67.0 Å². The van der Waals surface area contributed by atoms with Crippen molar-refractivity contribution in [2.45, 2.75) is 39.3 Å². The monoisotopic (exact) mass is 557 g/mol. The van der Waals surface area contributed by atoms with Crippen LogP contribution in [0.1, 0.15) is 31.9 Å². The lowest BCUT2D eigenvalue weighted by atomic mass is 9.87. The van der Waals surface area contributed by atoms with Crippen molar-refractivity contribution < 1.29 is 4.74 Å². The molecule has 0 fully saturated rings. The number of nitrogens with one attached hydrogen (secondary N) is 1. The number of nitrogens with zero attached hydrogens (tertiary/aromatic N) is 2. The molecule has 0 aliphatic carbocycles. The van der Waals surface area contributed by atoms with Gasteiger partial charge in [-0.3, -0.25) is 5.41 Å². The van der Waals surface area contributed by atoms with E-state index in [9.17, 15) is 0 Å². The van der Waals surface area contributed by atoms with Gasteiger partial charge >= 0.3 is 0 Å². The van der Waals surface area contributed by atoms with Crippen molar-refractivity contribution in [3.8, 4) is 5.75 Å². The van der Waals surface area contributed by atoms with Gasteiger partial charge in [-0.05, 0) is 46.9 Å². The molecule has 32 heavy (non-hydrogen) atoms. The quantitative estimate of drug-likeness (QED) is 0.281. The average Bonchev–Trinajstić information content (AvgIpc) is 3.01. The SMILES string of the molecule is Br.CC(C)(C)c1ccc(OCCn2c(=N)n(Cc3ccccc3Br)c3ccccc32)cc1. The second-order valence-corrected chi connectivity index (χ2v) is 9.62. The first kappa shape index (κ1) is 24.3. The van der Waals surface area contributed by atoms with Crippen LogP contribution >= 0.6 is 32.9 Å². The summed E-state index contributed by atoms with van der Waals surface area (Å²) in [6, 6.07) is 24.7. The Bertz CT molecular complexity index is 1250. The number of rotatable bonds is 6. The van der Waals surface area contributed by atoms with E-state index in [1.807, 2.05) is 51.6 Å². The molecule has 6 heteroatoms. The Morgan fingerprint density at radius 3 is 2.06 bits per heavy atom. The Labute approximate surface area is 208 Å². The molecular weight excluding hydrogens is 530 g/mol. The van der Waals surface area contributed by atoms with Gasteiger partial charge in [0.25, 0.3) is 0 Å². The largest absolute Gasteiger partial charge is 0.492 e. The summed E-state index contributed by atoms with van der Waals surface area (Å²) in [7, 11) is 0. The zero-order valence-electron chi connectivity index (χ0n) is 18.6. The molecule has 0 unspecified atom stereocenters. The molecule has 0 radical (unpaired) electrons. The molecule has 1 heterocycles. The molecule has 0 atom stereocenters. The number of hydrogen-bond donors (Lipinski definition) is 1. The van der Waals surface area contributed by atoms with Gasteiger partial charge in [0.1, 0.15) is 12.4 Å². The molecule has 0 spiro atoms. The molecule has 0 bridgehead atoms. The molecule has 4 rings (SSSR count). The molecular formula is C26H29Br2N3O. The average molecular weight is 559 g/mol. The Balaban J connectivity index is 0.00000289. The van der Waals surface area contributed by atoms with Crippen molar-refractivity contribution in [3.05, 3.63) is 94.0 Å². The first-order valence-electron chi connectivity index (χ1n) is 10.5. The number of imidazole rings is 1. The summed E-state index contributed by atoms with van der Waals surface area (Å²) in [5.74, 6) is 0.858. The standard InChI is InChI=1S/C26H28BrN3O.BrH/c1-26(2,3)20-12-14-21(15-13-20)31-17-16-29-23-10-6-7-11-24(23)30(25(29)28)18-19-8-4-5-9-22(19)27;/h4-15,28H,16-18H2,1-3H3;1H. The van der Waals surface area contributed by atoms with Gasteiger partial charge in [-0.15, -0.1) is 17.0 Å². The highest BCUT2D eigenvalue weighted by atomic mass is 79.9. The summed E-state index contributed by atoms with van der Waals surface area (Å²) in [4.78, 5) is 0. The third-order valence-electron chi connectivity index (χ3n) is 5.56. The maximum Gasteiger partial charge on any atom is 0.203 e. The Morgan fingerprint density at radius 1 is 0.844 bits per heavy atom. The molecule has 0 aliphatic rings. The number of hydrogen-bond acceptors (Lipinski definition) is 2. The van der Waals surface area contributed by atoms with Crippen molar-refractivity contribution >= 4 is 43.9 Å². The number of halogens is 2. The summed E-state index contributed by atoms with van der Waals surface area (Å²) >= 11 is 3.63. The number of ether oxygens (including phenoxy) is 1. The van der Waals surface area contributed by atoms with E-state index in [1.165, 1.54) is 5.56 Å². The van der Waals surface area contributed by atoms with Gasteiger partial charge in [0.05, 0.1) is 24.1 Å². The maximum absolute atomic E-state index is 8.83. The summed E-state index contributed by atoms with van der Waals surface area (Å²) in [5.41, 5.74) is 5.15. The van der Waals surface area contributed by atoms with Crippen molar-refractivity contribution in [1.82, 2.24) is 9.13 Å². The predicted octanol–water partition coefficient (Wildman–Crippen LogP) is 6.69. The van der Waals surface area contributed by atoms with Gasteiger partial charge in [-0.1, -0.05) is 79.2 Å². The van der Waals surface area contributed by atoms with Crippen LogP contribution in [0.2, 0.25) is 0 Å². The fraction of sp³-hybridized carbons (Fsp3) is 0.269. The maximum atomic E-state index is 8.83. The summed E-state index contributed by atoms with van der Waals surface area (Å²) in [6.45, 7) is 8.39. The van der Waals surface area contributed by atoms with Crippen LogP contribution in [-0.2, 0) is 18.5 Å². The van der Waals surface area contributed by atoms with Crippen LogP contribution in [0.4, 0.5) is 0 Å². The zero-order chi connectivity index (χ0) is 22.0. The van der Waals surface area contributed by atoms with E-state index in [0.29, 0.717) is 25.3 Å². The van der Waals surface area contributed by atoms with Gasteiger partial charge in [-0.2, -0.15) is 0 Å². The van der Waals surface area contributed by atoms with Crippen molar-refractivity contribution in [2.75, 3.05) is 6.61 Å². The van der Waals surface area contributed by atoms with Gasteiger partial charge in [0, 0.05) is 4.47 Å². The van der Waals surface area contributed by atoms with Gasteiger partial charge in [0.2, 0.25) is 5.62 Å². The van der Waals surface area contributed by atoms with Gasteiger partial charge in [-0.25, -0.2) is 0 Å². The lowest BCUT2D eigenvalue weighted by Gasteiger charge is -2.19. The van der Waals surface area contributed by atoms with E-state index in [4.69, 9.17) is 10.1 Å². The van der Waals surface area contributed by atoms with Gasteiger partial charge in [0.15, 0.2) is 0 Å². The van der Waals surface area contributed by atoms with Gasteiger partial charge < -0.3 is 13.9 Å². The number of para-hydroxylation sites is 2. The molecule has 168 valence electrons. The second kappa shape index (κ2) is 10.1. The summed E-state index contributed by atoms with van der Waals surface area (Å²) in [6.07, 6.45) is 0. The van der Waals surface area contributed by atoms with Crippen LogP contribution in [0.3, 0.4) is 0 Å². The Hall–Kier alpha value is -2.31. The van der Waals surface area contributed by atoms with Crippen LogP contribution in [0.5, 0.6) is 5.75 Å². The van der Waals surface area contributed by atoms with Crippen LogP contribution in [0, 0.1) is 5.41 Å². The predicted molar refractivity (Wildman–Crippen MR) is 140 cm³/mol. The third kappa shape index (κ3) is 5.18. The van der Waals surface area contributed by atoms with Crippen LogP contribution in [-0.4, -0.2) is 15.7 Å². The topological polar surface area (TPSA) is 42.9 Å². The molecule has 1 N–H and O–H groups in total. The third-order valence-corrected chi connectivity index (χ3v) is 6.34. The Kier molecular flexibility index (Phi) is 7.67. The zero-order valence-corrected chi connectivity index (χ0v) is 21.9. The minimum Gasteiger partial charge on any atom is -0.492 e. The lowest BCUT2D eigenvalue weighted by Crippen LogP contribution is -2.27. The normalized spacial score (nSPS) is 11.4. The number of aromatic nitrogens is 2. The molecule has 4 aromatic rings. The van der Waals surface area contributed by atoms with E-state index in [1.54, 1.807) is 0 Å². The van der Waals surface area contributed by atoms with Crippen LogP contribution in [0.25, 0.3) is 11.0 Å². The molecule has 0 amide bonds. The van der Waals surface area contributed by atoms with Crippen molar-refractivity contribution in [3.63, 3.8) is 0 Å². The number of benzene rings is 3. The molecule has 3 aromatic carbocycles. The molecule has 0 saturated heterocycles. The fourth-order valence-corrected chi connectivity index (χ4v) is 4.19. The lowest BCUT2D eigenvalue weighted by molar-refractivity contribution is 0.296. The number of fused-ring (bicyclic) bond motifs is 1. The molecule has 0 saturated carbocycles. The first-order valence-corrected chi connectivity index (χ1v) is 11.3. The Morgan fingerprint density at radius 2 is 1.44 bits per heavy atom. The molecule has 1 aromatic heterocycles. The second-order valence-electron chi connectivity index (χ2n) is 8.76. The highest BCUT2D eigenvalue weighted by Crippen LogP contribution is 2.24. The highest BCUT2D eigenvalue weighted by Gasteiger charge is 2.14. The summed E-state index contributed by atoms with van der Waals surface area (Å²) in [5, 5.41) is 8.83. The minimum atomic E-state index is 0. The van der Waals surface area contributed by atoms with E-state index >= 15 is 0 Å². The van der Waals surface area contributed by atoms with Crippen LogP contribution in [0.15, 0.2) is 77.3 Å². The van der Waals surface area contributed by atoms with Crippen LogP contribution < -0.4 is 10.4 Å². The van der Waals surface area contributed by atoms with E-state index in [-0.39, 0.29) is 22.4 Å². The molecule has 0 aliphatic heterocycles. The summed E-state index contributed by atoms with van der Waals surface area (Å²) < 4.78 is 11.1. The van der Waals surface area contributed by atoms with Crippen molar-refractivity contribution in [2.24, 2.45) is 0 Å². The fourth-order valence-electron chi connectivity index (χ4n) is 3.78. The highest BCUT2D eigenvalue weighted by molar-refractivity contribution is 9.10. The smallest absolute Gasteiger partial charge is 0.203 e. The minimum absolute atomic E-state index is 0. The van der Waals surface area contributed by atoms with Crippen molar-refractivity contribution in [1.29, 1.82) is 5.41 Å². The first-order chi connectivity index (χ1) is 14.8. The van der Waals surface area contributed by atoms with E-state index < -0.39 is 0 Å². The molecule has 4 nitrogen and oxygen atoms in total. The van der Waals surface area contributed by atoms with E-state index in [0.717, 1.165) is 26.8 Å².